The van der Waals surface area contributed by atoms with Crippen LogP contribution in [0.25, 0.3) is 0 Å². The number of alkyl halides is 5. The van der Waals surface area contributed by atoms with Crippen molar-refractivity contribution in [3.05, 3.63) is 29.8 Å². The molecule has 1 aromatic rings. The van der Waals surface area contributed by atoms with E-state index in [0.717, 1.165) is 24.3 Å². The van der Waals surface area contributed by atoms with Gasteiger partial charge in [-0.25, -0.2) is 0 Å². The summed E-state index contributed by atoms with van der Waals surface area (Å²) in [5, 5.41) is 0. The first-order valence-electron chi connectivity index (χ1n) is 6.68. The van der Waals surface area contributed by atoms with Crippen molar-refractivity contribution >= 4 is 12.6 Å². The Balaban J connectivity index is 2.25. The first-order chi connectivity index (χ1) is 9.78. The van der Waals surface area contributed by atoms with Crippen molar-refractivity contribution in [2.75, 3.05) is 0 Å². The first kappa shape index (κ1) is 17.2. The lowest BCUT2D eigenvalue weighted by Gasteiger charge is -2.32. The molecule has 122 valence electrons. The fourth-order valence-corrected chi connectivity index (χ4v) is 1.99. The topological polar surface area (TPSA) is 18.5 Å². The summed E-state index contributed by atoms with van der Waals surface area (Å²) < 4.78 is 74.9. The van der Waals surface area contributed by atoms with Crippen LogP contribution in [-0.4, -0.2) is 24.5 Å². The Morgan fingerprint density at radius 1 is 0.818 bits per heavy atom. The van der Waals surface area contributed by atoms with Gasteiger partial charge in [-0.05, 0) is 33.2 Å². The quantitative estimate of drug-likeness (QED) is 0.611. The molecule has 1 aliphatic heterocycles. The average Bonchev–Trinajstić information content (AvgIpc) is 2.57. The van der Waals surface area contributed by atoms with Gasteiger partial charge in [0, 0.05) is 5.56 Å². The molecule has 1 aliphatic rings. The standard InChI is InChI=1S/C14H16BF5O2/c1-11(2)12(3,4)22-15(21-11)10-7-5-9(6-8-10)13(16,17)14(18,19)20/h5-8H,1-4H3. The van der Waals surface area contributed by atoms with Crippen LogP contribution in [0.3, 0.4) is 0 Å². The van der Waals surface area contributed by atoms with E-state index in [9.17, 15) is 22.0 Å². The molecule has 0 unspecified atom stereocenters. The van der Waals surface area contributed by atoms with Gasteiger partial charge in [0.1, 0.15) is 0 Å². The van der Waals surface area contributed by atoms with Crippen LogP contribution >= 0.6 is 0 Å². The lowest BCUT2D eigenvalue weighted by atomic mass is 9.78. The third-order valence-electron chi connectivity index (χ3n) is 4.15. The number of benzene rings is 1. The minimum absolute atomic E-state index is 0.389. The van der Waals surface area contributed by atoms with Gasteiger partial charge in [0.05, 0.1) is 11.2 Å². The van der Waals surface area contributed by atoms with E-state index in [2.05, 4.69) is 0 Å². The molecule has 0 aliphatic carbocycles. The van der Waals surface area contributed by atoms with E-state index < -0.39 is 36.0 Å². The van der Waals surface area contributed by atoms with Crippen molar-refractivity contribution in [3.8, 4) is 0 Å². The molecule has 1 heterocycles. The molecular weight excluding hydrogens is 306 g/mol. The lowest BCUT2D eigenvalue weighted by molar-refractivity contribution is -0.289. The van der Waals surface area contributed by atoms with E-state index in [1.165, 1.54) is 0 Å². The first-order valence-corrected chi connectivity index (χ1v) is 6.68. The predicted octanol–water partition coefficient (Wildman–Crippen LogP) is 3.64. The fraction of sp³-hybridized carbons (Fsp3) is 0.571. The highest BCUT2D eigenvalue weighted by atomic mass is 19.4. The van der Waals surface area contributed by atoms with Crippen molar-refractivity contribution in [1.82, 2.24) is 0 Å². The summed E-state index contributed by atoms with van der Waals surface area (Å²) in [6.45, 7) is 7.27. The molecule has 2 rings (SSSR count). The number of halogens is 5. The molecule has 0 saturated carbocycles. The molecule has 1 aromatic carbocycles. The van der Waals surface area contributed by atoms with Gasteiger partial charge >= 0.3 is 19.2 Å². The summed E-state index contributed by atoms with van der Waals surface area (Å²) in [4.78, 5) is 0. The van der Waals surface area contributed by atoms with Gasteiger partial charge in [-0.1, -0.05) is 24.3 Å². The van der Waals surface area contributed by atoms with Crippen LogP contribution in [0.5, 0.6) is 0 Å². The van der Waals surface area contributed by atoms with Gasteiger partial charge < -0.3 is 9.31 Å². The number of rotatable bonds is 2. The summed E-state index contributed by atoms with van der Waals surface area (Å²) in [5.41, 5.74) is -1.96. The Bertz CT molecular complexity index is 535. The third kappa shape index (κ3) is 2.74. The molecule has 1 fully saturated rings. The summed E-state index contributed by atoms with van der Waals surface area (Å²) in [5.74, 6) is -4.89. The molecule has 2 nitrogen and oxygen atoms in total. The van der Waals surface area contributed by atoms with Gasteiger partial charge in [-0.2, -0.15) is 22.0 Å². The Kier molecular flexibility index (Phi) is 3.85. The highest BCUT2D eigenvalue weighted by molar-refractivity contribution is 6.62. The monoisotopic (exact) mass is 322 g/mol. The van der Waals surface area contributed by atoms with Crippen LogP contribution in [0.15, 0.2) is 24.3 Å². The summed E-state index contributed by atoms with van der Waals surface area (Å²) >= 11 is 0. The van der Waals surface area contributed by atoms with Crippen LogP contribution < -0.4 is 5.46 Å². The molecule has 0 spiro atoms. The molecule has 8 heteroatoms. The van der Waals surface area contributed by atoms with Gasteiger partial charge in [0.2, 0.25) is 0 Å². The molecule has 22 heavy (non-hydrogen) atoms. The molecule has 0 radical (unpaired) electrons. The Labute approximate surface area is 125 Å². The Morgan fingerprint density at radius 2 is 1.23 bits per heavy atom. The van der Waals surface area contributed by atoms with E-state index in [4.69, 9.17) is 9.31 Å². The van der Waals surface area contributed by atoms with E-state index in [1.54, 1.807) is 0 Å². The van der Waals surface area contributed by atoms with Crippen molar-refractivity contribution in [1.29, 1.82) is 0 Å². The maximum atomic E-state index is 13.2. The van der Waals surface area contributed by atoms with E-state index in [1.807, 2.05) is 27.7 Å². The van der Waals surface area contributed by atoms with Crippen LogP contribution in [0, 0.1) is 0 Å². The molecule has 0 N–H and O–H groups in total. The maximum Gasteiger partial charge on any atom is 0.494 e. The second-order valence-electron chi connectivity index (χ2n) is 6.28. The summed E-state index contributed by atoms with van der Waals surface area (Å²) in [6.07, 6.45) is -5.63. The van der Waals surface area contributed by atoms with Crippen molar-refractivity contribution in [3.63, 3.8) is 0 Å². The molecule has 0 atom stereocenters. The van der Waals surface area contributed by atoms with Crippen LogP contribution in [0.2, 0.25) is 0 Å². The second-order valence-corrected chi connectivity index (χ2v) is 6.28. The van der Waals surface area contributed by atoms with Gasteiger partial charge in [0.25, 0.3) is 0 Å². The van der Waals surface area contributed by atoms with Crippen LogP contribution in [0.1, 0.15) is 33.3 Å². The molecule has 1 saturated heterocycles. The zero-order chi connectivity index (χ0) is 17.0. The zero-order valence-corrected chi connectivity index (χ0v) is 12.6. The van der Waals surface area contributed by atoms with Crippen molar-refractivity contribution < 1.29 is 31.3 Å². The Hall–Kier alpha value is -1.15. The van der Waals surface area contributed by atoms with Crippen LogP contribution in [0.4, 0.5) is 22.0 Å². The largest absolute Gasteiger partial charge is 0.494 e. The highest BCUT2D eigenvalue weighted by Gasteiger charge is 2.58. The molecular formula is C14H16BF5O2. The second kappa shape index (κ2) is 4.93. The summed E-state index contributed by atoms with van der Waals surface area (Å²) in [7, 11) is -0.807. The zero-order valence-electron chi connectivity index (χ0n) is 12.6. The fourth-order valence-electron chi connectivity index (χ4n) is 1.99. The predicted molar refractivity (Wildman–Crippen MR) is 72.1 cm³/mol. The van der Waals surface area contributed by atoms with Crippen LogP contribution in [-0.2, 0) is 15.2 Å². The summed E-state index contributed by atoms with van der Waals surface area (Å²) in [6, 6.07) is 3.82. The molecule has 0 bridgehead atoms. The highest BCUT2D eigenvalue weighted by Crippen LogP contribution is 2.43. The van der Waals surface area contributed by atoms with E-state index >= 15 is 0 Å². The van der Waals surface area contributed by atoms with Gasteiger partial charge in [-0.15, -0.1) is 0 Å². The maximum absolute atomic E-state index is 13.2. The van der Waals surface area contributed by atoms with Gasteiger partial charge in [0.15, 0.2) is 0 Å². The minimum Gasteiger partial charge on any atom is -0.399 e. The van der Waals surface area contributed by atoms with Crippen molar-refractivity contribution in [2.45, 2.75) is 51.0 Å². The third-order valence-corrected chi connectivity index (χ3v) is 4.15. The van der Waals surface area contributed by atoms with Gasteiger partial charge in [-0.3, -0.25) is 0 Å². The molecule has 0 amide bonds. The average molecular weight is 322 g/mol. The SMILES string of the molecule is CC1(C)OB(c2ccc(C(F)(F)C(F)(F)F)cc2)OC1(C)C. The Morgan fingerprint density at radius 3 is 1.59 bits per heavy atom. The lowest BCUT2D eigenvalue weighted by Crippen LogP contribution is -2.41. The normalized spacial score (nSPS) is 21.2. The number of hydrogen-bond acceptors (Lipinski definition) is 2. The number of hydrogen-bond donors (Lipinski definition) is 0. The minimum atomic E-state index is -5.63. The van der Waals surface area contributed by atoms with Crippen molar-refractivity contribution in [2.24, 2.45) is 0 Å². The van der Waals surface area contributed by atoms with E-state index in [0.29, 0.717) is 5.46 Å². The van der Waals surface area contributed by atoms with E-state index in [-0.39, 0.29) is 0 Å². The smallest absolute Gasteiger partial charge is 0.399 e. The molecule has 0 aromatic heterocycles.